The fraction of sp³-hybridized carbons (Fsp3) is 0.750. The third-order valence-electron chi connectivity index (χ3n) is 4.92. The van der Waals surface area contributed by atoms with Crippen LogP contribution in [0.5, 0.6) is 0 Å². The van der Waals surface area contributed by atoms with Crippen LogP contribution in [0.3, 0.4) is 0 Å². The van der Waals surface area contributed by atoms with Crippen molar-refractivity contribution in [3.05, 3.63) is 16.6 Å². The summed E-state index contributed by atoms with van der Waals surface area (Å²) in [6.45, 7) is 9.39. The molecule has 6 heteroatoms. The minimum Gasteiger partial charge on any atom is -0.379 e. The van der Waals surface area contributed by atoms with Gasteiger partial charge in [0.05, 0.1) is 25.3 Å². The Labute approximate surface area is 136 Å². The molecule has 0 aromatic carbocycles. The fourth-order valence-corrected chi connectivity index (χ4v) is 4.11. The molecule has 0 saturated carbocycles. The number of likely N-dealkylation sites (tertiary alicyclic amines) is 1. The molecule has 2 saturated heterocycles. The van der Waals surface area contributed by atoms with Gasteiger partial charge in [-0.15, -0.1) is 11.3 Å². The number of amides is 1. The summed E-state index contributed by atoms with van der Waals surface area (Å²) in [4.78, 5) is 22.2. The highest BCUT2D eigenvalue weighted by atomic mass is 32.1. The molecule has 0 unspecified atom stereocenters. The van der Waals surface area contributed by atoms with Gasteiger partial charge in [0.2, 0.25) is 5.91 Å². The summed E-state index contributed by atoms with van der Waals surface area (Å²) in [5.41, 5.74) is 1.78. The van der Waals surface area contributed by atoms with Gasteiger partial charge >= 0.3 is 0 Å². The Morgan fingerprint density at radius 2 is 2.36 bits per heavy atom. The smallest absolute Gasteiger partial charge is 0.223 e. The normalized spacial score (nSPS) is 28.3. The van der Waals surface area contributed by atoms with Crippen LogP contribution in [0.1, 0.15) is 31.6 Å². The van der Waals surface area contributed by atoms with E-state index >= 15 is 0 Å². The second-order valence-electron chi connectivity index (χ2n) is 6.67. The molecule has 0 aliphatic carbocycles. The summed E-state index contributed by atoms with van der Waals surface area (Å²) < 4.78 is 5.86. The number of nitrogens with zero attached hydrogens (tertiary/aromatic N) is 3. The Hall–Kier alpha value is -0.980. The topological polar surface area (TPSA) is 45.7 Å². The van der Waals surface area contributed by atoms with Crippen LogP contribution < -0.4 is 0 Å². The molecule has 0 bridgehead atoms. The van der Waals surface area contributed by atoms with Crippen molar-refractivity contribution in [1.29, 1.82) is 0 Å². The van der Waals surface area contributed by atoms with Crippen LogP contribution in [0.2, 0.25) is 0 Å². The quantitative estimate of drug-likeness (QED) is 0.850. The van der Waals surface area contributed by atoms with E-state index in [2.05, 4.69) is 23.7 Å². The van der Waals surface area contributed by atoms with E-state index in [1.807, 2.05) is 16.6 Å². The number of carbonyl (C=O) groups excluding carboxylic acids is 1. The summed E-state index contributed by atoms with van der Waals surface area (Å²) in [6, 6.07) is 0.546. The standard InChI is InChI=1S/C16H25N3O2S/c1-3-13(2)18-4-5-21-11-16(9-18)6-15(20)19(10-16)8-14-7-17-12-22-14/h7,12-13H,3-6,8-11H2,1-2H3/t13-,16+/m1/s1. The molecule has 2 aliphatic heterocycles. The Balaban J connectivity index is 1.71. The average Bonchev–Trinajstić information content (AvgIpc) is 3.05. The minimum absolute atomic E-state index is 0.0400. The first-order valence-corrected chi connectivity index (χ1v) is 8.97. The van der Waals surface area contributed by atoms with Crippen LogP contribution in [0.4, 0.5) is 0 Å². The highest BCUT2D eigenvalue weighted by Gasteiger charge is 2.45. The number of thiazole rings is 1. The fourth-order valence-electron chi connectivity index (χ4n) is 3.50. The SMILES string of the molecule is CC[C@@H](C)N1CCOC[C@@]2(CC(=O)N(Cc3cncs3)C2)C1. The molecule has 0 N–H and O–H groups in total. The lowest BCUT2D eigenvalue weighted by molar-refractivity contribution is -0.128. The molecule has 1 spiro atoms. The van der Waals surface area contributed by atoms with Crippen molar-refractivity contribution in [3.8, 4) is 0 Å². The Kier molecular flexibility index (Phi) is 4.80. The van der Waals surface area contributed by atoms with Gasteiger partial charge in [-0.25, -0.2) is 0 Å². The van der Waals surface area contributed by atoms with Crippen LogP contribution >= 0.6 is 11.3 Å². The third-order valence-corrected chi connectivity index (χ3v) is 5.68. The van der Waals surface area contributed by atoms with Crippen molar-refractivity contribution in [2.24, 2.45) is 5.41 Å². The van der Waals surface area contributed by atoms with Gasteiger partial charge in [-0.2, -0.15) is 0 Å². The maximum absolute atomic E-state index is 12.5. The maximum Gasteiger partial charge on any atom is 0.223 e. The predicted molar refractivity (Wildman–Crippen MR) is 86.7 cm³/mol. The van der Waals surface area contributed by atoms with E-state index in [-0.39, 0.29) is 11.3 Å². The summed E-state index contributed by atoms with van der Waals surface area (Å²) in [6.07, 6.45) is 3.60. The second-order valence-corrected chi connectivity index (χ2v) is 7.65. The van der Waals surface area contributed by atoms with Crippen molar-refractivity contribution < 1.29 is 9.53 Å². The van der Waals surface area contributed by atoms with Crippen molar-refractivity contribution in [3.63, 3.8) is 0 Å². The number of hydrogen-bond donors (Lipinski definition) is 0. The molecular weight excluding hydrogens is 298 g/mol. The molecule has 22 heavy (non-hydrogen) atoms. The van der Waals surface area contributed by atoms with E-state index in [0.717, 1.165) is 37.5 Å². The van der Waals surface area contributed by atoms with Gasteiger partial charge < -0.3 is 9.64 Å². The highest BCUT2D eigenvalue weighted by molar-refractivity contribution is 7.09. The van der Waals surface area contributed by atoms with Crippen molar-refractivity contribution >= 4 is 17.2 Å². The number of rotatable bonds is 4. The van der Waals surface area contributed by atoms with E-state index in [0.29, 0.717) is 25.6 Å². The van der Waals surface area contributed by atoms with Crippen molar-refractivity contribution in [2.45, 2.75) is 39.3 Å². The number of ether oxygens (including phenoxy) is 1. The molecule has 3 rings (SSSR count). The summed E-state index contributed by atoms with van der Waals surface area (Å²) in [7, 11) is 0. The van der Waals surface area contributed by atoms with Gasteiger partial charge in [-0.05, 0) is 13.3 Å². The average molecular weight is 323 g/mol. The minimum atomic E-state index is -0.0400. The third kappa shape index (κ3) is 3.34. The predicted octanol–water partition coefficient (Wildman–Crippen LogP) is 1.99. The first-order chi connectivity index (χ1) is 10.6. The zero-order valence-corrected chi connectivity index (χ0v) is 14.3. The van der Waals surface area contributed by atoms with E-state index in [9.17, 15) is 4.79 Å². The van der Waals surface area contributed by atoms with Gasteiger partial charge in [0.15, 0.2) is 0 Å². The highest BCUT2D eigenvalue weighted by Crippen LogP contribution is 2.36. The van der Waals surface area contributed by atoms with Gasteiger partial charge in [-0.1, -0.05) is 6.92 Å². The summed E-state index contributed by atoms with van der Waals surface area (Å²) in [5, 5.41) is 0. The first kappa shape index (κ1) is 15.9. The lowest BCUT2D eigenvalue weighted by Gasteiger charge is -2.34. The van der Waals surface area contributed by atoms with Crippen LogP contribution in [-0.2, 0) is 16.1 Å². The summed E-state index contributed by atoms with van der Waals surface area (Å²) >= 11 is 1.61. The van der Waals surface area contributed by atoms with Crippen LogP contribution in [-0.4, -0.2) is 59.6 Å². The van der Waals surface area contributed by atoms with Gasteiger partial charge in [-0.3, -0.25) is 14.7 Å². The van der Waals surface area contributed by atoms with Crippen LogP contribution in [0.25, 0.3) is 0 Å². The largest absolute Gasteiger partial charge is 0.379 e. The van der Waals surface area contributed by atoms with Gasteiger partial charge in [0, 0.05) is 48.6 Å². The molecule has 1 amide bonds. The van der Waals surface area contributed by atoms with Crippen molar-refractivity contribution in [1.82, 2.24) is 14.8 Å². The maximum atomic E-state index is 12.5. The second kappa shape index (κ2) is 6.64. The van der Waals surface area contributed by atoms with E-state index in [1.165, 1.54) is 0 Å². The van der Waals surface area contributed by atoms with Crippen molar-refractivity contribution in [2.75, 3.05) is 32.8 Å². The summed E-state index contributed by atoms with van der Waals surface area (Å²) in [5.74, 6) is 0.253. The molecular formula is C16H25N3O2S. The Morgan fingerprint density at radius 1 is 1.50 bits per heavy atom. The molecule has 3 heterocycles. The van der Waals surface area contributed by atoms with E-state index < -0.39 is 0 Å². The molecule has 122 valence electrons. The lowest BCUT2D eigenvalue weighted by Crippen LogP contribution is -2.44. The van der Waals surface area contributed by atoms with Crippen LogP contribution in [0.15, 0.2) is 11.7 Å². The molecule has 2 aliphatic rings. The molecule has 1 aromatic rings. The van der Waals surface area contributed by atoms with E-state index in [4.69, 9.17) is 4.74 Å². The molecule has 1 aromatic heterocycles. The number of hydrogen-bond acceptors (Lipinski definition) is 5. The van der Waals surface area contributed by atoms with Gasteiger partial charge in [0.1, 0.15) is 0 Å². The van der Waals surface area contributed by atoms with Gasteiger partial charge in [0.25, 0.3) is 0 Å². The number of carbonyl (C=O) groups is 1. The van der Waals surface area contributed by atoms with E-state index in [1.54, 1.807) is 11.3 Å². The van der Waals surface area contributed by atoms with Crippen LogP contribution in [0, 0.1) is 5.41 Å². The Bertz CT molecular complexity index is 507. The first-order valence-electron chi connectivity index (χ1n) is 8.09. The zero-order chi connectivity index (χ0) is 15.6. The monoisotopic (exact) mass is 323 g/mol. The molecule has 0 radical (unpaired) electrons. The molecule has 2 fully saturated rings. The molecule has 5 nitrogen and oxygen atoms in total. The molecule has 2 atom stereocenters. The zero-order valence-electron chi connectivity index (χ0n) is 13.5. The Morgan fingerprint density at radius 3 is 3.09 bits per heavy atom. The number of aromatic nitrogens is 1. The lowest BCUT2D eigenvalue weighted by atomic mass is 9.87.